The van der Waals surface area contributed by atoms with Crippen molar-refractivity contribution < 1.29 is 60.1 Å². The summed E-state index contributed by atoms with van der Waals surface area (Å²) in [5.74, 6) is -3.05. The van der Waals surface area contributed by atoms with Gasteiger partial charge in [-0.25, -0.2) is 4.28 Å². The van der Waals surface area contributed by atoms with Gasteiger partial charge in [-0.3, -0.25) is 23.7 Å². The number of oxime groups is 1. The highest BCUT2D eigenvalue weighted by Gasteiger charge is 2.52. The molecule has 5 atom stereocenters. The number of carbonyl (C=O) groups excluding carboxylic acids is 4. The minimum Gasteiger partial charge on any atom is -0.463 e. The number of nitrogens with zero attached hydrogens (tertiary/aromatic N) is 1. The Hall–Kier alpha value is -2.43. The van der Waals surface area contributed by atoms with E-state index in [9.17, 15) is 27.6 Å². The second kappa shape index (κ2) is 12.7. The van der Waals surface area contributed by atoms with Gasteiger partial charge in [0.1, 0.15) is 23.2 Å². The van der Waals surface area contributed by atoms with Crippen LogP contribution in [0.15, 0.2) is 5.16 Å². The van der Waals surface area contributed by atoms with Crippen LogP contribution in [0.25, 0.3) is 0 Å². The molecule has 5 unspecified atom stereocenters. The molecular weight excluding hydrogens is 490 g/mol. The van der Waals surface area contributed by atoms with Gasteiger partial charge in [-0.15, -0.1) is 0 Å². The lowest BCUT2D eigenvalue weighted by atomic mass is 9.99. The third-order valence-corrected chi connectivity index (χ3v) is 5.25. The Labute approximate surface area is 194 Å². The van der Waals surface area contributed by atoms with Crippen molar-refractivity contribution in [3.8, 4) is 0 Å². The van der Waals surface area contributed by atoms with E-state index in [4.69, 9.17) is 28.2 Å². The van der Waals surface area contributed by atoms with E-state index in [1.54, 1.807) is 6.92 Å². The first-order valence-corrected chi connectivity index (χ1v) is 11.7. The van der Waals surface area contributed by atoms with Gasteiger partial charge < -0.3 is 23.7 Å². The molecule has 16 heteroatoms. The molecule has 1 heterocycles. The van der Waals surface area contributed by atoms with Gasteiger partial charge in [0.25, 0.3) is 0 Å². The maximum atomic E-state index is 11.8. The third kappa shape index (κ3) is 10.4. The van der Waals surface area contributed by atoms with E-state index in [2.05, 4.69) is 9.44 Å². The number of hydrogen-bond acceptors (Lipinski definition) is 14. The first-order valence-electron chi connectivity index (χ1n) is 9.43. The topological polar surface area (TPSA) is 190 Å². The molecule has 1 N–H and O–H groups in total. The lowest BCUT2D eigenvalue weighted by Crippen LogP contribution is -2.61. The summed E-state index contributed by atoms with van der Waals surface area (Å²) < 4.78 is 61.0. The zero-order valence-electron chi connectivity index (χ0n) is 18.4. The van der Waals surface area contributed by atoms with Crippen molar-refractivity contribution in [2.45, 2.75) is 70.9 Å². The normalized spacial score (nSPS) is 25.5. The largest absolute Gasteiger partial charge is 0.466 e. The molecule has 0 aromatic carbocycles. The predicted molar refractivity (Wildman–Crippen MR) is 110 cm³/mol. The molecule has 188 valence electrons. The van der Waals surface area contributed by atoms with E-state index in [0.29, 0.717) is 0 Å². The van der Waals surface area contributed by atoms with Crippen LogP contribution >= 0.6 is 11.8 Å². The molecule has 0 amide bonds. The average Bonchev–Trinajstić information content (AvgIpc) is 2.66. The van der Waals surface area contributed by atoms with Crippen molar-refractivity contribution in [3.05, 3.63) is 0 Å². The first kappa shape index (κ1) is 28.6. The van der Waals surface area contributed by atoms with Crippen LogP contribution in [0.1, 0.15) is 41.0 Å². The van der Waals surface area contributed by atoms with Crippen LogP contribution < -0.4 is 0 Å². The van der Waals surface area contributed by atoms with Gasteiger partial charge in [0.2, 0.25) is 0 Å². The SMILES string of the molecule is CCC(=NOS(=O)(=O)O)SC1OC(COC(C)=O)C(OC(C)=O)C(OC(C)=O)C1OC(C)=O. The molecule has 1 rings (SSSR count). The molecule has 0 radical (unpaired) electrons. The summed E-state index contributed by atoms with van der Waals surface area (Å²) in [5.41, 5.74) is -1.21. The van der Waals surface area contributed by atoms with Crippen molar-refractivity contribution >= 4 is 51.1 Å². The molecule has 0 saturated carbocycles. The number of ether oxygens (including phenoxy) is 5. The standard InChI is InChI=1S/C17H25NO13S2/c1-6-13(18-31-33(23,24)25)32-17-16(29-11(5)22)15(28-10(4)21)14(27-9(3)20)12(30-17)7-26-8(2)19/h12,14-17H,6-7H2,1-5H3,(H,23,24,25). The Bertz CT molecular complexity index is 872. The van der Waals surface area contributed by atoms with Crippen molar-refractivity contribution in [1.82, 2.24) is 0 Å². The van der Waals surface area contributed by atoms with Gasteiger partial charge in [0, 0.05) is 27.7 Å². The summed E-state index contributed by atoms with van der Waals surface area (Å²) in [6, 6.07) is 0. The highest BCUT2D eigenvalue weighted by molar-refractivity contribution is 8.14. The highest BCUT2D eigenvalue weighted by Crippen LogP contribution is 2.35. The summed E-state index contributed by atoms with van der Waals surface area (Å²) in [4.78, 5) is 46.5. The predicted octanol–water partition coefficient (Wildman–Crippen LogP) is 0.346. The Morgan fingerprint density at radius 1 is 0.909 bits per heavy atom. The van der Waals surface area contributed by atoms with Crippen LogP contribution in [0.5, 0.6) is 0 Å². The zero-order valence-corrected chi connectivity index (χ0v) is 20.0. The smallest absolute Gasteiger partial charge is 0.463 e. The van der Waals surface area contributed by atoms with E-state index in [1.807, 2.05) is 0 Å². The van der Waals surface area contributed by atoms with Crippen LogP contribution in [0, 0.1) is 0 Å². The molecule has 0 bridgehead atoms. The lowest BCUT2D eigenvalue weighted by Gasteiger charge is -2.44. The van der Waals surface area contributed by atoms with Crippen molar-refractivity contribution in [1.29, 1.82) is 0 Å². The second-order valence-electron chi connectivity index (χ2n) is 6.53. The average molecular weight is 516 g/mol. The van der Waals surface area contributed by atoms with Crippen LogP contribution in [0.3, 0.4) is 0 Å². The molecule has 0 aliphatic carbocycles. The molecule has 1 aliphatic heterocycles. The van der Waals surface area contributed by atoms with Gasteiger partial charge in [-0.05, 0) is 6.42 Å². The van der Waals surface area contributed by atoms with Crippen molar-refractivity contribution in [2.24, 2.45) is 5.16 Å². The molecule has 33 heavy (non-hydrogen) atoms. The third-order valence-electron chi connectivity index (χ3n) is 3.74. The van der Waals surface area contributed by atoms with E-state index in [-0.39, 0.29) is 11.5 Å². The van der Waals surface area contributed by atoms with Gasteiger partial charge >= 0.3 is 34.3 Å². The minimum atomic E-state index is -4.89. The van der Waals surface area contributed by atoms with Gasteiger partial charge in [-0.2, -0.15) is 8.42 Å². The van der Waals surface area contributed by atoms with Crippen molar-refractivity contribution in [2.75, 3.05) is 6.61 Å². The van der Waals surface area contributed by atoms with Crippen LogP contribution in [0.4, 0.5) is 0 Å². The second-order valence-corrected chi connectivity index (χ2v) is 8.70. The van der Waals surface area contributed by atoms with Crippen LogP contribution in [-0.4, -0.2) is 78.4 Å². The quantitative estimate of drug-likeness (QED) is 0.110. The van der Waals surface area contributed by atoms with Crippen LogP contribution in [-0.2, 0) is 57.5 Å². The fourth-order valence-corrected chi connectivity index (χ4v) is 3.97. The van der Waals surface area contributed by atoms with Crippen LogP contribution in [0.2, 0.25) is 0 Å². The molecule has 1 fully saturated rings. The Morgan fingerprint density at radius 3 is 1.88 bits per heavy atom. The minimum absolute atomic E-state index is 0.0199. The molecule has 1 aliphatic rings. The molecule has 0 aromatic heterocycles. The van der Waals surface area contributed by atoms with E-state index in [1.165, 1.54) is 0 Å². The number of carbonyl (C=O) groups is 4. The Morgan fingerprint density at radius 2 is 1.42 bits per heavy atom. The summed E-state index contributed by atoms with van der Waals surface area (Å²) in [5, 5.41) is 3.30. The maximum Gasteiger partial charge on any atom is 0.466 e. The maximum absolute atomic E-state index is 11.8. The summed E-state index contributed by atoms with van der Waals surface area (Å²) in [7, 11) is -4.89. The lowest BCUT2D eigenvalue weighted by molar-refractivity contribution is -0.237. The fourth-order valence-electron chi connectivity index (χ4n) is 2.68. The molecule has 0 spiro atoms. The molecule has 0 aromatic rings. The Balaban J connectivity index is 3.42. The zero-order chi connectivity index (χ0) is 25.3. The van der Waals surface area contributed by atoms with E-state index in [0.717, 1.165) is 39.5 Å². The first-order chi connectivity index (χ1) is 15.2. The Kier molecular flexibility index (Phi) is 11.0. The number of thioether (sulfide) groups is 1. The van der Waals surface area contributed by atoms with E-state index >= 15 is 0 Å². The number of rotatable bonds is 9. The summed E-state index contributed by atoms with van der Waals surface area (Å²) in [6.45, 7) is 5.53. The van der Waals surface area contributed by atoms with E-state index < -0.39 is 70.7 Å². The summed E-state index contributed by atoms with van der Waals surface area (Å²) in [6.07, 6.45) is -5.16. The van der Waals surface area contributed by atoms with Gasteiger partial charge in [-0.1, -0.05) is 23.8 Å². The number of hydrogen-bond donors (Lipinski definition) is 1. The van der Waals surface area contributed by atoms with Gasteiger partial charge in [0.05, 0.1) is 0 Å². The van der Waals surface area contributed by atoms with Crippen molar-refractivity contribution in [3.63, 3.8) is 0 Å². The molecule has 14 nitrogen and oxygen atoms in total. The number of esters is 4. The molecular formula is C17H25NO13S2. The monoisotopic (exact) mass is 515 g/mol. The molecule has 1 saturated heterocycles. The van der Waals surface area contributed by atoms with Gasteiger partial charge in [0.15, 0.2) is 18.3 Å². The summed E-state index contributed by atoms with van der Waals surface area (Å²) >= 11 is 0.724. The fraction of sp³-hybridized carbons (Fsp3) is 0.706. The highest BCUT2D eigenvalue weighted by atomic mass is 32.3.